The SMILES string of the molecule is COC(=O)c1ccc(-c2cc(CC3CCCC3)co2)cc1. The first-order chi connectivity index (χ1) is 10.3. The molecule has 1 saturated carbocycles. The van der Waals surface area contributed by atoms with Crippen molar-refractivity contribution < 1.29 is 13.9 Å². The van der Waals surface area contributed by atoms with Crippen LogP contribution in [-0.4, -0.2) is 13.1 Å². The third-order valence-electron chi connectivity index (χ3n) is 4.24. The summed E-state index contributed by atoms with van der Waals surface area (Å²) in [5, 5.41) is 0. The van der Waals surface area contributed by atoms with Crippen molar-refractivity contribution in [1.82, 2.24) is 0 Å². The number of rotatable bonds is 4. The monoisotopic (exact) mass is 284 g/mol. The van der Waals surface area contributed by atoms with Gasteiger partial charge in [-0.3, -0.25) is 0 Å². The van der Waals surface area contributed by atoms with Gasteiger partial charge in [-0.25, -0.2) is 4.79 Å². The van der Waals surface area contributed by atoms with Crippen LogP contribution < -0.4 is 0 Å². The number of ether oxygens (including phenoxy) is 1. The molecule has 0 atom stereocenters. The van der Waals surface area contributed by atoms with E-state index in [0.717, 1.165) is 23.7 Å². The Kier molecular flexibility index (Phi) is 4.09. The average Bonchev–Trinajstić information content (AvgIpc) is 3.19. The van der Waals surface area contributed by atoms with E-state index in [0.29, 0.717) is 5.56 Å². The van der Waals surface area contributed by atoms with E-state index in [2.05, 4.69) is 6.07 Å². The first-order valence-corrected chi connectivity index (χ1v) is 7.52. The van der Waals surface area contributed by atoms with Gasteiger partial charge in [0.05, 0.1) is 18.9 Å². The fourth-order valence-electron chi connectivity index (χ4n) is 3.07. The zero-order valence-corrected chi connectivity index (χ0v) is 12.3. The van der Waals surface area contributed by atoms with Crippen molar-refractivity contribution in [2.45, 2.75) is 32.1 Å². The minimum absolute atomic E-state index is 0.317. The number of methoxy groups -OCH3 is 1. The van der Waals surface area contributed by atoms with Crippen LogP contribution >= 0.6 is 0 Å². The molecule has 0 N–H and O–H groups in total. The van der Waals surface area contributed by atoms with Gasteiger partial charge in [-0.05, 0) is 36.1 Å². The number of hydrogen-bond acceptors (Lipinski definition) is 3. The van der Waals surface area contributed by atoms with Gasteiger partial charge in [0.1, 0.15) is 5.76 Å². The lowest BCUT2D eigenvalue weighted by Gasteiger charge is -2.05. The van der Waals surface area contributed by atoms with Crippen LogP contribution in [0.2, 0.25) is 0 Å². The highest BCUT2D eigenvalue weighted by molar-refractivity contribution is 5.89. The molecule has 1 fully saturated rings. The predicted molar refractivity (Wildman–Crippen MR) is 81.1 cm³/mol. The fraction of sp³-hybridized carbons (Fsp3) is 0.389. The summed E-state index contributed by atoms with van der Waals surface area (Å²) in [5.74, 6) is 1.36. The van der Waals surface area contributed by atoms with Gasteiger partial charge in [0.2, 0.25) is 0 Å². The summed E-state index contributed by atoms with van der Waals surface area (Å²) in [7, 11) is 1.39. The molecule has 0 saturated heterocycles. The maximum atomic E-state index is 11.4. The van der Waals surface area contributed by atoms with E-state index < -0.39 is 0 Å². The zero-order valence-electron chi connectivity index (χ0n) is 12.3. The minimum atomic E-state index is -0.317. The highest BCUT2D eigenvalue weighted by Gasteiger charge is 2.17. The Labute approximate surface area is 124 Å². The molecule has 1 aliphatic rings. The summed E-state index contributed by atoms with van der Waals surface area (Å²) in [4.78, 5) is 11.4. The zero-order chi connectivity index (χ0) is 14.7. The molecule has 1 aromatic heterocycles. The van der Waals surface area contributed by atoms with E-state index >= 15 is 0 Å². The smallest absolute Gasteiger partial charge is 0.337 e. The van der Waals surface area contributed by atoms with E-state index in [9.17, 15) is 4.79 Å². The van der Waals surface area contributed by atoms with Crippen molar-refractivity contribution in [2.75, 3.05) is 7.11 Å². The summed E-state index contributed by atoms with van der Waals surface area (Å²) in [5.41, 5.74) is 2.81. The first kappa shape index (κ1) is 13.9. The molecule has 0 spiro atoms. The van der Waals surface area contributed by atoms with Gasteiger partial charge < -0.3 is 9.15 Å². The lowest BCUT2D eigenvalue weighted by Crippen LogP contribution is -2.00. The summed E-state index contributed by atoms with van der Waals surface area (Å²) in [6.07, 6.45) is 8.39. The summed E-state index contributed by atoms with van der Waals surface area (Å²) < 4.78 is 10.4. The highest BCUT2D eigenvalue weighted by atomic mass is 16.5. The fourth-order valence-corrected chi connectivity index (χ4v) is 3.07. The Morgan fingerprint density at radius 3 is 2.62 bits per heavy atom. The molecule has 0 bridgehead atoms. The molecule has 0 radical (unpaired) electrons. The molecule has 0 aliphatic heterocycles. The number of carbonyl (C=O) groups excluding carboxylic acids is 1. The number of esters is 1. The molecular weight excluding hydrogens is 264 g/mol. The Morgan fingerprint density at radius 2 is 1.95 bits per heavy atom. The molecule has 3 nitrogen and oxygen atoms in total. The molecule has 1 aliphatic carbocycles. The van der Waals surface area contributed by atoms with Crippen LogP contribution in [-0.2, 0) is 11.2 Å². The largest absolute Gasteiger partial charge is 0.465 e. The second-order valence-corrected chi connectivity index (χ2v) is 5.74. The Balaban J connectivity index is 1.71. The molecule has 0 amide bonds. The van der Waals surface area contributed by atoms with Gasteiger partial charge in [-0.15, -0.1) is 0 Å². The van der Waals surface area contributed by atoms with Gasteiger partial charge in [-0.2, -0.15) is 0 Å². The molecule has 21 heavy (non-hydrogen) atoms. The quantitative estimate of drug-likeness (QED) is 0.778. The molecule has 1 heterocycles. The Hall–Kier alpha value is -2.03. The molecule has 3 rings (SSSR count). The summed E-state index contributed by atoms with van der Waals surface area (Å²) in [6, 6.07) is 9.43. The Morgan fingerprint density at radius 1 is 1.24 bits per heavy atom. The van der Waals surface area contributed by atoms with Crippen molar-refractivity contribution in [3.8, 4) is 11.3 Å². The number of carbonyl (C=O) groups is 1. The molecule has 1 aromatic carbocycles. The van der Waals surface area contributed by atoms with Gasteiger partial charge in [0.25, 0.3) is 0 Å². The predicted octanol–water partition coefficient (Wildman–Crippen LogP) is 4.47. The first-order valence-electron chi connectivity index (χ1n) is 7.52. The average molecular weight is 284 g/mol. The molecular formula is C18H20O3. The normalized spacial score (nSPS) is 15.3. The molecule has 110 valence electrons. The molecule has 2 aromatic rings. The lowest BCUT2D eigenvalue weighted by molar-refractivity contribution is 0.0601. The van der Waals surface area contributed by atoms with Gasteiger partial charge in [0.15, 0.2) is 0 Å². The van der Waals surface area contributed by atoms with Crippen LogP contribution in [0.15, 0.2) is 41.0 Å². The van der Waals surface area contributed by atoms with Crippen LogP contribution in [0.5, 0.6) is 0 Å². The van der Waals surface area contributed by atoms with Crippen molar-refractivity contribution in [3.05, 3.63) is 47.7 Å². The van der Waals surface area contributed by atoms with Crippen molar-refractivity contribution >= 4 is 5.97 Å². The third-order valence-corrected chi connectivity index (χ3v) is 4.24. The second kappa shape index (κ2) is 6.17. The number of hydrogen-bond donors (Lipinski definition) is 0. The topological polar surface area (TPSA) is 39.4 Å². The third kappa shape index (κ3) is 3.18. The van der Waals surface area contributed by atoms with E-state index in [-0.39, 0.29) is 5.97 Å². The number of furan rings is 1. The lowest BCUT2D eigenvalue weighted by atomic mass is 9.99. The Bertz CT molecular complexity index is 604. The van der Waals surface area contributed by atoms with Crippen LogP contribution in [0.25, 0.3) is 11.3 Å². The van der Waals surface area contributed by atoms with E-state index in [1.54, 1.807) is 12.1 Å². The molecule has 3 heteroatoms. The van der Waals surface area contributed by atoms with Crippen molar-refractivity contribution in [1.29, 1.82) is 0 Å². The van der Waals surface area contributed by atoms with E-state index in [1.807, 2.05) is 18.4 Å². The molecule has 0 unspecified atom stereocenters. The maximum absolute atomic E-state index is 11.4. The van der Waals surface area contributed by atoms with Gasteiger partial charge in [-0.1, -0.05) is 37.8 Å². The van der Waals surface area contributed by atoms with Crippen molar-refractivity contribution in [3.63, 3.8) is 0 Å². The van der Waals surface area contributed by atoms with E-state index in [1.165, 1.54) is 38.4 Å². The minimum Gasteiger partial charge on any atom is -0.465 e. The standard InChI is InChI=1S/C18H20O3/c1-20-18(19)16-8-6-15(7-9-16)17-11-14(12-21-17)10-13-4-2-3-5-13/h6-9,11-13H,2-5,10H2,1H3. The van der Waals surface area contributed by atoms with Gasteiger partial charge >= 0.3 is 5.97 Å². The highest BCUT2D eigenvalue weighted by Crippen LogP contribution is 2.30. The van der Waals surface area contributed by atoms with Crippen LogP contribution in [0.1, 0.15) is 41.6 Å². The van der Waals surface area contributed by atoms with E-state index in [4.69, 9.17) is 9.15 Å². The number of benzene rings is 1. The van der Waals surface area contributed by atoms with Crippen LogP contribution in [0, 0.1) is 5.92 Å². The summed E-state index contributed by atoms with van der Waals surface area (Å²) >= 11 is 0. The van der Waals surface area contributed by atoms with Crippen LogP contribution in [0.4, 0.5) is 0 Å². The maximum Gasteiger partial charge on any atom is 0.337 e. The van der Waals surface area contributed by atoms with Gasteiger partial charge in [0, 0.05) is 5.56 Å². The van der Waals surface area contributed by atoms with Crippen LogP contribution in [0.3, 0.4) is 0 Å². The van der Waals surface area contributed by atoms with Crippen molar-refractivity contribution in [2.24, 2.45) is 5.92 Å². The summed E-state index contributed by atoms with van der Waals surface area (Å²) in [6.45, 7) is 0. The second-order valence-electron chi connectivity index (χ2n) is 5.74.